The van der Waals surface area contributed by atoms with Gasteiger partial charge in [-0.3, -0.25) is 9.78 Å². The molecule has 18 heavy (non-hydrogen) atoms. The number of nitrogens with zero attached hydrogens (tertiary/aromatic N) is 1. The third-order valence-electron chi connectivity index (χ3n) is 3.10. The first-order chi connectivity index (χ1) is 8.75. The van der Waals surface area contributed by atoms with Crippen molar-refractivity contribution in [2.24, 2.45) is 0 Å². The lowest BCUT2D eigenvalue weighted by Gasteiger charge is -1.97. The Kier molecular flexibility index (Phi) is 2.45. The summed E-state index contributed by atoms with van der Waals surface area (Å²) in [7, 11) is 0. The molecule has 1 heterocycles. The monoisotopic (exact) mass is 237 g/mol. The van der Waals surface area contributed by atoms with E-state index in [4.69, 9.17) is 0 Å². The van der Waals surface area contributed by atoms with Crippen molar-refractivity contribution in [2.75, 3.05) is 0 Å². The molecule has 2 aromatic rings. The summed E-state index contributed by atoms with van der Waals surface area (Å²) in [6.07, 6.45) is 5.72. The van der Waals surface area contributed by atoms with Crippen molar-refractivity contribution in [3.8, 4) is 5.75 Å². The quantitative estimate of drug-likeness (QED) is 0.775. The summed E-state index contributed by atoms with van der Waals surface area (Å²) in [6, 6.07) is 8.76. The lowest BCUT2D eigenvalue weighted by Crippen LogP contribution is -1.94. The van der Waals surface area contributed by atoms with Gasteiger partial charge in [-0.2, -0.15) is 0 Å². The number of rotatable bonds is 1. The number of allylic oxidation sites excluding steroid dienone is 1. The predicted molar refractivity (Wildman–Crippen MR) is 68.4 cm³/mol. The smallest absolute Gasteiger partial charge is 0.189 e. The van der Waals surface area contributed by atoms with Gasteiger partial charge in [0.15, 0.2) is 5.78 Å². The van der Waals surface area contributed by atoms with E-state index in [0.717, 1.165) is 11.1 Å². The number of phenols is 1. The van der Waals surface area contributed by atoms with Crippen molar-refractivity contribution in [2.45, 2.75) is 6.42 Å². The topological polar surface area (TPSA) is 50.2 Å². The van der Waals surface area contributed by atoms with Gasteiger partial charge in [0.2, 0.25) is 0 Å². The number of hydrogen-bond donors (Lipinski definition) is 1. The van der Waals surface area contributed by atoms with Gasteiger partial charge in [0.1, 0.15) is 5.75 Å². The van der Waals surface area contributed by atoms with Gasteiger partial charge in [-0.25, -0.2) is 0 Å². The van der Waals surface area contributed by atoms with E-state index in [0.29, 0.717) is 17.6 Å². The van der Waals surface area contributed by atoms with E-state index in [2.05, 4.69) is 4.98 Å². The zero-order valence-corrected chi connectivity index (χ0v) is 9.63. The van der Waals surface area contributed by atoms with E-state index in [-0.39, 0.29) is 11.5 Å². The Bertz CT molecular complexity index is 645. The van der Waals surface area contributed by atoms with Gasteiger partial charge in [-0.1, -0.05) is 12.1 Å². The average molecular weight is 237 g/mol. The van der Waals surface area contributed by atoms with Crippen molar-refractivity contribution in [1.29, 1.82) is 0 Å². The minimum atomic E-state index is -0.00212. The fourth-order valence-electron chi connectivity index (χ4n) is 2.19. The van der Waals surface area contributed by atoms with Gasteiger partial charge < -0.3 is 5.11 Å². The second-order valence-corrected chi connectivity index (χ2v) is 4.26. The molecule has 1 aliphatic rings. The Balaban J connectivity index is 2.03. The molecule has 0 bridgehead atoms. The zero-order valence-electron chi connectivity index (χ0n) is 9.63. The van der Waals surface area contributed by atoms with E-state index >= 15 is 0 Å². The first-order valence-corrected chi connectivity index (χ1v) is 5.72. The SMILES string of the molecule is O=C1/C(=C\c2ccncc2)Cc2c(O)cccc21. The molecule has 1 aromatic carbocycles. The van der Waals surface area contributed by atoms with E-state index in [1.54, 1.807) is 30.6 Å². The summed E-state index contributed by atoms with van der Waals surface area (Å²) in [4.78, 5) is 16.1. The number of benzene rings is 1. The zero-order chi connectivity index (χ0) is 12.5. The summed E-state index contributed by atoms with van der Waals surface area (Å²) < 4.78 is 0. The number of hydrogen-bond acceptors (Lipinski definition) is 3. The number of Topliss-reactive ketones (excluding diaryl/α,β-unsaturated/α-hetero) is 1. The standard InChI is InChI=1S/C15H11NO2/c17-14-3-1-2-12-13(14)9-11(15(12)18)8-10-4-6-16-7-5-10/h1-8,17H,9H2/b11-8-. The molecule has 0 spiro atoms. The molecule has 0 saturated carbocycles. The third kappa shape index (κ3) is 1.70. The minimum Gasteiger partial charge on any atom is -0.508 e. The first-order valence-electron chi connectivity index (χ1n) is 5.72. The summed E-state index contributed by atoms with van der Waals surface area (Å²) in [5, 5.41) is 9.74. The highest BCUT2D eigenvalue weighted by Gasteiger charge is 2.26. The Hall–Kier alpha value is -2.42. The van der Waals surface area contributed by atoms with E-state index in [1.807, 2.05) is 18.2 Å². The van der Waals surface area contributed by atoms with Crippen LogP contribution in [0.4, 0.5) is 0 Å². The van der Waals surface area contributed by atoms with Crippen LogP contribution in [-0.2, 0) is 6.42 Å². The molecule has 88 valence electrons. The lowest BCUT2D eigenvalue weighted by atomic mass is 10.1. The van der Waals surface area contributed by atoms with Crippen molar-refractivity contribution < 1.29 is 9.90 Å². The molecule has 0 saturated heterocycles. The highest BCUT2D eigenvalue weighted by molar-refractivity contribution is 6.16. The number of pyridine rings is 1. The van der Waals surface area contributed by atoms with Crippen LogP contribution in [0.15, 0.2) is 48.3 Å². The molecule has 1 N–H and O–H groups in total. The van der Waals surface area contributed by atoms with Crippen LogP contribution in [0.25, 0.3) is 6.08 Å². The summed E-state index contributed by atoms with van der Waals surface area (Å²) >= 11 is 0. The maximum Gasteiger partial charge on any atom is 0.189 e. The fourth-order valence-corrected chi connectivity index (χ4v) is 2.19. The van der Waals surface area contributed by atoms with Crippen LogP contribution in [-0.4, -0.2) is 15.9 Å². The molecule has 3 heteroatoms. The highest BCUT2D eigenvalue weighted by Crippen LogP contribution is 2.33. The fraction of sp³-hybridized carbons (Fsp3) is 0.0667. The molecule has 1 aliphatic carbocycles. The van der Waals surface area contributed by atoms with Gasteiger partial charge in [-0.15, -0.1) is 0 Å². The second kappa shape index (κ2) is 4.11. The number of carbonyl (C=O) groups is 1. The Morgan fingerprint density at radius 2 is 1.94 bits per heavy atom. The molecule has 3 rings (SSSR count). The summed E-state index contributed by atoms with van der Waals surface area (Å²) in [5.41, 5.74) is 2.98. The molecule has 0 radical (unpaired) electrons. The summed E-state index contributed by atoms with van der Waals surface area (Å²) in [5.74, 6) is 0.191. The van der Waals surface area contributed by atoms with Crippen molar-refractivity contribution in [1.82, 2.24) is 4.98 Å². The van der Waals surface area contributed by atoms with Gasteiger partial charge >= 0.3 is 0 Å². The molecule has 0 amide bonds. The van der Waals surface area contributed by atoms with Gasteiger partial charge in [-0.05, 0) is 29.8 Å². The van der Waals surface area contributed by atoms with Crippen LogP contribution >= 0.6 is 0 Å². The Labute approximate surface area is 104 Å². The maximum absolute atomic E-state index is 12.2. The van der Waals surface area contributed by atoms with E-state index in [1.165, 1.54) is 0 Å². The largest absolute Gasteiger partial charge is 0.508 e. The van der Waals surface area contributed by atoms with Crippen molar-refractivity contribution in [3.63, 3.8) is 0 Å². The third-order valence-corrected chi connectivity index (χ3v) is 3.10. The van der Waals surface area contributed by atoms with Gasteiger partial charge in [0, 0.05) is 35.5 Å². The van der Waals surface area contributed by atoms with Crippen molar-refractivity contribution >= 4 is 11.9 Å². The van der Waals surface area contributed by atoms with Crippen LogP contribution in [0.5, 0.6) is 5.75 Å². The molecule has 0 fully saturated rings. The number of carbonyl (C=O) groups excluding carboxylic acids is 1. The second-order valence-electron chi connectivity index (χ2n) is 4.26. The molecule has 1 aromatic heterocycles. The summed E-state index contributed by atoms with van der Waals surface area (Å²) in [6.45, 7) is 0. The van der Waals surface area contributed by atoms with Crippen LogP contribution in [0.1, 0.15) is 21.5 Å². The van der Waals surface area contributed by atoms with Gasteiger partial charge in [0.05, 0.1) is 0 Å². The molecular formula is C15H11NO2. The number of aromatic nitrogens is 1. The van der Waals surface area contributed by atoms with Crippen LogP contribution in [0, 0.1) is 0 Å². The van der Waals surface area contributed by atoms with Gasteiger partial charge in [0.25, 0.3) is 0 Å². The number of fused-ring (bicyclic) bond motifs is 1. The average Bonchev–Trinajstić information content (AvgIpc) is 2.70. The lowest BCUT2D eigenvalue weighted by molar-refractivity contribution is 0.104. The normalized spacial score (nSPS) is 16.0. The Morgan fingerprint density at radius 1 is 1.17 bits per heavy atom. The number of phenolic OH excluding ortho intramolecular Hbond substituents is 1. The molecule has 0 aliphatic heterocycles. The maximum atomic E-state index is 12.2. The molecule has 0 atom stereocenters. The number of ketones is 1. The van der Waals surface area contributed by atoms with E-state index < -0.39 is 0 Å². The minimum absolute atomic E-state index is 0.00212. The molecule has 3 nitrogen and oxygen atoms in total. The molecule has 0 unspecified atom stereocenters. The van der Waals surface area contributed by atoms with Crippen LogP contribution in [0.2, 0.25) is 0 Å². The van der Waals surface area contributed by atoms with Crippen molar-refractivity contribution in [3.05, 3.63) is 65.0 Å². The van der Waals surface area contributed by atoms with Crippen LogP contribution < -0.4 is 0 Å². The predicted octanol–water partition coefficient (Wildman–Crippen LogP) is 2.61. The molecular weight excluding hydrogens is 226 g/mol. The Morgan fingerprint density at radius 3 is 2.67 bits per heavy atom. The van der Waals surface area contributed by atoms with E-state index in [9.17, 15) is 9.90 Å². The highest BCUT2D eigenvalue weighted by atomic mass is 16.3. The van der Waals surface area contributed by atoms with Crippen LogP contribution in [0.3, 0.4) is 0 Å². The first kappa shape index (κ1) is 10.7. The number of aromatic hydroxyl groups is 1.